The number of phenols is 1. The second-order valence-electron chi connectivity index (χ2n) is 11.0. The number of fused-ring (bicyclic) bond motifs is 1. The van der Waals surface area contributed by atoms with Gasteiger partial charge in [-0.3, -0.25) is 9.80 Å². The summed E-state index contributed by atoms with van der Waals surface area (Å²) in [5.74, 6) is 2.11. The molecule has 0 amide bonds. The van der Waals surface area contributed by atoms with E-state index < -0.39 is 0 Å². The predicted octanol–water partition coefficient (Wildman–Crippen LogP) is 7.67. The van der Waals surface area contributed by atoms with Gasteiger partial charge >= 0.3 is 0 Å². The molecule has 4 aromatic rings. The lowest BCUT2D eigenvalue weighted by molar-refractivity contribution is 0.183. The Hall–Kier alpha value is -3.06. The summed E-state index contributed by atoms with van der Waals surface area (Å²) in [6, 6.07) is 22.6. The van der Waals surface area contributed by atoms with Crippen molar-refractivity contribution in [2.24, 2.45) is 0 Å². The van der Waals surface area contributed by atoms with Crippen molar-refractivity contribution in [2.45, 2.75) is 38.5 Å². The minimum Gasteiger partial charge on any atom is -0.508 e. The average Bonchev–Trinajstić information content (AvgIpc) is 3.37. The highest BCUT2D eigenvalue weighted by Gasteiger charge is 2.17. The van der Waals surface area contributed by atoms with Crippen LogP contribution in [0.2, 0.25) is 0 Å². The van der Waals surface area contributed by atoms with E-state index in [0.29, 0.717) is 5.75 Å². The van der Waals surface area contributed by atoms with Crippen LogP contribution in [0.5, 0.6) is 17.2 Å². The van der Waals surface area contributed by atoms with Gasteiger partial charge in [0.25, 0.3) is 0 Å². The molecule has 0 unspecified atom stereocenters. The number of ether oxygens (including phenoxy) is 2. The molecular weight excluding hydrogens is 516 g/mol. The molecule has 40 heavy (non-hydrogen) atoms. The van der Waals surface area contributed by atoms with Crippen LogP contribution in [0.1, 0.15) is 38.5 Å². The third-order valence-corrected chi connectivity index (χ3v) is 9.38. The van der Waals surface area contributed by atoms with E-state index in [1.54, 1.807) is 17.4 Å². The van der Waals surface area contributed by atoms with Crippen molar-refractivity contribution in [3.8, 4) is 38.8 Å². The molecule has 2 saturated heterocycles. The third-order valence-electron chi connectivity index (χ3n) is 8.18. The molecule has 3 heterocycles. The molecule has 6 heteroatoms. The Morgan fingerprint density at radius 2 is 1.15 bits per heavy atom. The number of piperidine rings is 2. The first-order chi connectivity index (χ1) is 19.7. The normalized spacial score (nSPS) is 16.8. The first-order valence-electron chi connectivity index (χ1n) is 14.9. The summed E-state index contributed by atoms with van der Waals surface area (Å²) in [4.78, 5) is 6.20. The first-order valence-corrected chi connectivity index (χ1v) is 15.7. The van der Waals surface area contributed by atoms with E-state index in [4.69, 9.17) is 9.47 Å². The monoisotopic (exact) mass is 556 g/mol. The van der Waals surface area contributed by atoms with Crippen LogP contribution in [0.3, 0.4) is 0 Å². The van der Waals surface area contributed by atoms with Crippen molar-refractivity contribution in [1.29, 1.82) is 0 Å². The van der Waals surface area contributed by atoms with Crippen LogP contribution in [-0.2, 0) is 0 Å². The number of nitrogens with zero attached hydrogens (tertiary/aromatic N) is 2. The number of benzene rings is 3. The fraction of sp³-hybridized carbons (Fsp3) is 0.412. The molecule has 2 aliphatic rings. The van der Waals surface area contributed by atoms with Crippen molar-refractivity contribution in [3.05, 3.63) is 66.7 Å². The van der Waals surface area contributed by atoms with Crippen LogP contribution in [0.25, 0.3) is 31.7 Å². The van der Waals surface area contributed by atoms with Crippen molar-refractivity contribution in [2.75, 3.05) is 52.5 Å². The molecule has 6 rings (SSSR count). The molecule has 0 atom stereocenters. The Morgan fingerprint density at radius 3 is 1.70 bits per heavy atom. The van der Waals surface area contributed by atoms with Crippen molar-refractivity contribution in [3.63, 3.8) is 0 Å². The summed E-state index contributed by atoms with van der Waals surface area (Å²) in [7, 11) is 0. The van der Waals surface area contributed by atoms with Gasteiger partial charge in [0.1, 0.15) is 30.5 Å². The number of likely N-dealkylation sites (tertiary alicyclic amines) is 2. The number of rotatable bonds is 10. The van der Waals surface area contributed by atoms with Gasteiger partial charge in [0.15, 0.2) is 0 Å². The lowest BCUT2D eigenvalue weighted by atomic mass is 9.98. The van der Waals surface area contributed by atoms with Crippen LogP contribution in [0.4, 0.5) is 0 Å². The number of hydrogen-bond donors (Lipinski definition) is 1. The van der Waals surface area contributed by atoms with E-state index in [-0.39, 0.29) is 0 Å². The lowest BCUT2D eigenvalue weighted by Gasteiger charge is -2.26. The molecule has 2 aliphatic heterocycles. The van der Waals surface area contributed by atoms with E-state index in [9.17, 15) is 5.11 Å². The maximum absolute atomic E-state index is 10.2. The Kier molecular flexibility index (Phi) is 8.86. The van der Waals surface area contributed by atoms with Crippen LogP contribution in [0.15, 0.2) is 66.7 Å². The Labute approximate surface area is 242 Å². The lowest BCUT2D eigenvalue weighted by Crippen LogP contribution is -2.33. The SMILES string of the molecule is Oc1ccc2c(-c3ccc(OCCN4CCCCC4)cc3)c(-c3ccc(OCCN4CCCCC4)cc3)sc2c1. The van der Waals surface area contributed by atoms with Crippen molar-refractivity contribution < 1.29 is 14.6 Å². The molecule has 3 aromatic carbocycles. The second kappa shape index (κ2) is 13.1. The summed E-state index contributed by atoms with van der Waals surface area (Å²) in [6.07, 6.45) is 7.93. The summed E-state index contributed by atoms with van der Waals surface area (Å²) in [5, 5.41) is 11.3. The van der Waals surface area contributed by atoms with Crippen LogP contribution in [-0.4, -0.2) is 67.4 Å². The standard InChI is InChI=1S/C34H40N2O3S/c37-28-11-16-31-32(25-28)40-34(27-9-14-30(15-10-27)39-24-22-36-19-5-2-6-20-36)33(31)26-7-12-29(13-8-26)38-23-21-35-17-3-1-4-18-35/h7-16,25,37H,1-6,17-24H2. The third kappa shape index (κ3) is 6.63. The molecule has 210 valence electrons. The minimum absolute atomic E-state index is 0.293. The number of hydrogen-bond acceptors (Lipinski definition) is 6. The quantitative estimate of drug-likeness (QED) is 0.217. The van der Waals surface area contributed by atoms with Gasteiger partial charge in [-0.25, -0.2) is 0 Å². The largest absolute Gasteiger partial charge is 0.508 e. The van der Waals surface area contributed by atoms with E-state index in [0.717, 1.165) is 59.0 Å². The first kappa shape index (κ1) is 27.1. The predicted molar refractivity (Wildman–Crippen MR) is 166 cm³/mol. The zero-order valence-electron chi connectivity index (χ0n) is 23.3. The summed E-state index contributed by atoms with van der Waals surface area (Å²) in [5.41, 5.74) is 3.50. The van der Waals surface area contributed by atoms with Crippen molar-refractivity contribution in [1.82, 2.24) is 9.80 Å². The van der Waals surface area contributed by atoms with Gasteiger partial charge < -0.3 is 14.6 Å². The van der Waals surface area contributed by atoms with Crippen LogP contribution < -0.4 is 9.47 Å². The zero-order valence-corrected chi connectivity index (χ0v) is 24.1. The Balaban J connectivity index is 1.17. The Morgan fingerprint density at radius 1 is 0.625 bits per heavy atom. The van der Waals surface area contributed by atoms with Gasteiger partial charge in [-0.1, -0.05) is 25.0 Å². The number of phenolic OH excluding ortho intramolecular Hbond substituents is 1. The van der Waals surface area contributed by atoms with E-state index >= 15 is 0 Å². The topological polar surface area (TPSA) is 45.2 Å². The van der Waals surface area contributed by atoms with Gasteiger partial charge in [-0.2, -0.15) is 0 Å². The summed E-state index contributed by atoms with van der Waals surface area (Å²) >= 11 is 1.72. The molecule has 0 saturated carbocycles. The van der Waals surface area contributed by atoms with E-state index in [1.807, 2.05) is 12.1 Å². The highest BCUT2D eigenvalue weighted by molar-refractivity contribution is 7.23. The number of thiophene rings is 1. The minimum atomic E-state index is 0.293. The summed E-state index contributed by atoms with van der Waals surface area (Å²) in [6.45, 7) is 8.19. The maximum Gasteiger partial charge on any atom is 0.119 e. The molecule has 5 nitrogen and oxygen atoms in total. The van der Waals surface area contributed by atoms with Gasteiger partial charge in [0.2, 0.25) is 0 Å². The Bertz CT molecular complexity index is 1370. The van der Waals surface area contributed by atoms with Gasteiger partial charge in [-0.05, 0) is 118 Å². The fourth-order valence-corrected chi connectivity index (χ4v) is 7.21. The van der Waals surface area contributed by atoms with Gasteiger partial charge in [0, 0.05) is 33.6 Å². The zero-order chi connectivity index (χ0) is 27.1. The summed E-state index contributed by atoms with van der Waals surface area (Å²) < 4.78 is 13.3. The molecule has 0 radical (unpaired) electrons. The average molecular weight is 557 g/mol. The highest BCUT2D eigenvalue weighted by atomic mass is 32.1. The van der Waals surface area contributed by atoms with Gasteiger partial charge in [0.05, 0.1) is 0 Å². The molecule has 0 aliphatic carbocycles. The van der Waals surface area contributed by atoms with E-state index in [2.05, 4.69) is 58.3 Å². The molecule has 1 aromatic heterocycles. The fourth-order valence-electron chi connectivity index (χ4n) is 5.95. The number of aromatic hydroxyl groups is 1. The van der Waals surface area contributed by atoms with E-state index in [1.165, 1.54) is 75.1 Å². The molecule has 2 fully saturated rings. The highest BCUT2D eigenvalue weighted by Crippen LogP contribution is 2.46. The molecule has 0 bridgehead atoms. The molecular formula is C34H40N2O3S. The molecule has 1 N–H and O–H groups in total. The second-order valence-corrected chi connectivity index (χ2v) is 12.1. The van der Waals surface area contributed by atoms with Gasteiger partial charge in [-0.15, -0.1) is 11.3 Å². The van der Waals surface area contributed by atoms with Crippen molar-refractivity contribution >= 4 is 21.4 Å². The molecule has 0 spiro atoms. The van der Waals surface area contributed by atoms with Crippen LogP contribution in [0, 0.1) is 0 Å². The van der Waals surface area contributed by atoms with Crippen LogP contribution >= 0.6 is 11.3 Å². The smallest absolute Gasteiger partial charge is 0.119 e. The maximum atomic E-state index is 10.2.